The molecule has 1 aliphatic rings. The molecule has 6 heteroatoms. The molecule has 0 aromatic heterocycles. The van der Waals surface area contributed by atoms with Crippen LogP contribution in [0.15, 0.2) is 30.3 Å². The molecular formula is C16H23N3O3. The number of ether oxygens (including phenoxy) is 1. The molecule has 1 fully saturated rings. The fraction of sp³-hybridized carbons (Fsp3) is 0.500. The van der Waals surface area contributed by atoms with Crippen LogP contribution in [-0.2, 0) is 16.1 Å². The Morgan fingerprint density at radius 3 is 2.59 bits per heavy atom. The number of hydrogen-bond acceptors (Lipinski definition) is 4. The molecule has 1 saturated carbocycles. The van der Waals surface area contributed by atoms with Crippen molar-refractivity contribution in [3.05, 3.63) is 35.9 Å². The molecule has 0 saturated heterocycles. The summed E-state index contributed by atoms with van der Waals surface area (Å²) in [6.07, 6.45) is 2.56. The van der Waals surface area contributed by atoms with Crippen molar-refractivity contribution in [3.63, 3.8) is 0 Å². The second-order valence-corrected chi connectivity index (χ2v) is 5.60. The Bertz CT molecular complexity index is 487. The van der Waals surface area contributed by atoms with Crippen LogP contribution in [0, 0.1) is 0 Å². The fourth-order valence-electron chi connectivity index (χ4n) is 2.40. The van der Waals surface area contributed by atoms with Crippen LogP contribution in [0.2, 0.25) is 0 Å². The highest BCUT2D eigenvalue weighted by Gasteiger charge is 2.30. The third-order valence-corrected chi connectivity index (χ3v) is 3.71. The van der Waals surface area contributed by atoms with Gasteiger partial charge in [-0.05, 0) is 31.4 Å². The maximum absolute atomic E-state index is 11.7. The lowest BCUT2D eigenvalue weighted by atomic mass is 9.87. The van der Waals surface area contributed by atoms with Gasteiger partial charge in [0.15, 0.2) is 0 Å². The molecule has 2 rings (SSSR count). The Balaban J connectivity index is 1.52. The van der Waals surface area contributed by atoms with Crippen LogP contribution in [0.4, 0.5) is 4.79 Å². The van der Waals surface area contributed by atoms with E-state index in [4.69, 9.17) is 10.5 Å². The molecule has 120 valence electrons. The van der Waals surface area contributed by atoms with E-state index in [0.29, 0.717) is 12.5 Å². The quantitative estimate of drug-likeness (QED) is 0.631. The first-order valence-electron chi connectivity index (χ1n) is 7.62. The Morgan fingerprint density at radius 1 is 1.18 bits per heavy atom. The summed E-state index contributed by atoms with van der Waals surface area (Å²) in [6, 6.07) is 10.2. The smallest absolute Gasteiger partial charge is 0.407 e. The number of carbonyl (C=O) groups excluding carboxylic acids is 2. The molecule has 4 N–H and O–H groups in total. The van der Waals surface area contributed by atoms with E-state index in [0.717, 1.165) is 31.4 Å². The van der Waals surface area contributed by atoms with Crippen LogP contribution >= 0.6 is 0 Å². The minimum atomic E-state index is -0.374. The Morgan fingerprint density at radius 2 is 1.91 bits per heavy atom. The largest absolute Gasteiger partial charge is 0.445 e. The molecule has 1 aromatic carbocycles. The van der Waals surface area contributed by atoms with Crippen molar-refractivity contribution >= 4 is 12.0 Å². The second-order valence-electron chi connectivity index (χ2n) is 5.60. The highest BCUT2D eigenvalue weighted by molar-refractivity contribution is 5.73. The van der Waals surface area contributed by atoms with Crippen molar-refractivity contribution in [2.24, 2.45) is 5.73 Å². The Hall–Kier alpha value is -2.08. The molecule has 0 heterocycles. The van der Waals surface area contributed by atoms with Gasteiger partial charge in [-0.15, -0.1) is 0 Å². The number of hydrogen-bond donors (Lipinski definition) is 3. The number of primary amides is 1. The van der Waals surface area contributed by atoms with E-state index in [1.54, 1.807) is 0 Å². The molecule has 1 aliphatic carbocycles. The van der Waals surface area contributed by atoms with Gasteiger partial charge >= 0.3 is 6.09 Å². The molecule has 0 aliphatic heterocycles. The summed E-state index contributed by atoms with van der Waals surface area (Å²) in [5.74, 6) is -0.267. The molecule has 2 amide bonds. The van der Waals surface area contributed by atoms with Gasteiger partial charge in [-0.2, -0.15) is 0 Å². The van der Waals surface area contributed by atoms with Crippen LogP contribution in [0.5, 0.6) is 0 Å². The van der Waals surface area contributed by atoms with Gasteiger partial charge < -0.3 is 21.1 Å². The van der Waals surface area contributed by atoms with E-state index >= 15 is 0 Å². The van der Waals surface area contributed by atoms with Crippen LogP contribution in [0.25, 0.3) is 0 Å². The summed E-state index contributed by atoms with van der Waals surface area (Å²) in [5.41, 5.74) is 6.05. The molecule has 0 atom stereocenters. The van der Waals surface area contributed by atoms with Gasteiger partial charge in [0, 0.05) is 18.5 Å². The Kier molecular flexibility index (Phi) is 6.21. The lowest BCUT2D eigenvalue weighted by molar-refractivity contribution is -0.118. The summed E-state index contributed by atoms with van der Waals surface area (Å²) in [5, 5.41) is 6.19. The first-order valence-corrected chi connectivity index (χ1v) is 7.62. The van der Waals surface area contributed by atoms with Gasteiger partial charge in [0.25, 0.3) is 0 Å². The van der Waals surface area contributed by atoms with Crippen molar-refractivity contribution in [1.29, 1.82) is 0 Å². The normalized spacial score (nSPS) is 20.0. The molecule has 0 spiro atoms. The predicted octanol–water partition coefficient (Wildman–Crippen LogP) is 1.30. The number of nitrogens with two attached hydrogens (primary N) is 1. The maximum atomic E-state index is 11.7. The van der Waals surface area contributed by atoms with E-state index in [-0.39, 0.29) is 24.6 Å². The van der Waals surface area contributed by atoms with E-state index < -0.39 is 0 Å². The maximum Gasteiger partial charge on any atom is 0.407 e. The summed E-state index contributed by atoms with van der Waals surface area (Å²) >= 11 is 0. The third kappa shape index (κ3) is 5.73. The minimum absolute atomic E-state index is 0.164. The molecule has 0 bridgehead atoms. The van der Waals surface area contributed by atoms with Gasteiger partial charge in [-0.1, -0.05) is 30.3 Å². The summed E-state index contributed by atoms with van der Waals surface area (Å²) in [4.78, 5) is 22.3. The minimum Gasteiger partial charge on any atom is -0.445 e. The first kappa shape index (κ1) is 16.3. The van der Waals surface area contributed by atoms with E-state index in [1.807, 2.05) is 30.3 Å². The average Bonchev–Trinajstić information content (AvgIpc) is 2.47. The zero-order valence-corrected chi connectivity index (χ0v) is 12.6. The lowest BCUT2D eigenvalue weighted by Crippen LogP contribution is -2.52. The summed E-state index contributed by atoms with van der Waals surface area (Å²) in [6.45, 7) is 1.06. The van der Waals surface area contributed by atoms with Crippen LogP contribution in [0.1, 0.15) is 31.2 Å². The summed E-state index contributed by atoms with van der Waals surface area (Å²) in [7, 11) is 0. The van der Waals surface area contributed by atoms with Crippen LogP contribution in [-0.4, -0.2) is 30.6 Å². The van der Waals surface area contributed by atoms with Crippen molar-refractivity contribution in [2.45, 2.75) is 44.4 Å². The van der Waals surface area contributed by atoms with Gasteiger partial charge in [0.05, 0.1) is 0 Å². The van der Waals surface area contributed by atoms with Gasteiger partial charge in [0.2, 0.25) is 5.91 Å². The third-order valence-electron chi connectivity index (χ3n) is 3.71. The van der Waals surface area contributed by atoms with Crippen molar-refractivity contribution < 1.29 is 14.3 Å². The van der Waals surface area contributed by atoms with E-state index in [9.17, 15) is 9.59 Å². The molecular weight excluding hydrogens is 282 g/mol. The van der Waals surface area contributed by atoms with Crippen molar-refractivity contribution in [1.82, 2.24) is 10.6 Å². The number of amides is 2. The highest BCUT2D eigenvalue weighted by atomic mass is 16.5. The van der Waals surface area contributed by atoms with E-state index in [2.05, 4.69) is 10.6 Å². The number of nitrogens with one attached hydrogen (secondary N) is 2. The zero-order chi connectivity index (χ0) is 15.8. The monoisotopic (exact) mass is 305 g/mol. The fourth-order valence-corrected chi connectivity index (χ4v) is 2.40. The molecule has 0 radical (unpaired) electrons. The molecule has 22 heavy (non-hydrogen) atoms. The first-order chi connectivity index (χ1) is 10.6. The van der Waals surface area contributed by atoms with Crippen LogP contribution in [0.3, 0.4) is 0 Å². The topological polar surface area (TPSA) is 93.5 Å². The Labute approximate surface area is 130 Å². The number of rotatable bonds is 8. The number of carbonyl (C=O) groups is 2. The van der Waals surface area contributed by atoms with Crippen LogP contribution < -0.4 is 16.4 Å². The van der Waals surface area contributed by atoms with Gasteiger partial charge in [-0.3, -0.25) is 4.79 Å². The molecule has 1 aromatic rings. The molecule has 0 unspecified atom stereocenters. The van der Waals surface area contributed by atoms with Gasteiger partial charge in [0.1, 0.15) is 6.61 Å². The average molecular weight is 305 g/mol. The molecule has 6 nitrogen and oxygen atoms in total. The van der Waals surface area contributed by atoms with Crippen molar-refractivity contribution in [2.75, 3.05) is 6.54 Å². The number of benzene rings is 1. The number of alkyl carbamates (subject to hydrolysis) is 1. The van der Waals surface area contributed by atoms with Crippen molar-refractivity contribution in [3.8, 4) is 0 Å². The summed E-state index contributed by atoms with van der Waals surface area (Å²) < 4.78 is 5.17. The standard InChI is InChI=1S/C16H23N3O3/c17-15(20)7-4-8-18-13-9-14(10-13)19-16(21)22-11-12-5-2-1-3-6-12/h1-3,5-6,13-14,18H,4,7-11H2,(H2,17,20)(H,19,21). The lowest BCUT2D eigenvalue weighted by Gasteiger charge is -2.36. The zero-order valence-electron chi connectivity index (χ0n) is 12.6. The van der Waals surface area contributed by atoms with Gasteiger partial charge in [-0.25, -0.2) is 4.79 Å². The highest BCUT2D eigenvalue weighted by Crippen LogP contribution is 2.20. The predicted molar refractivity (Wildman–Crippen MR) is 83.0 cm³/mol. The van der Waals surface area contributed by atoms with E-state index in [1.165, 1.54) is 0 Å². The SMILES string of the molecule is NC(=O)CCCNC1CC(NC(=O)OCc2ccccc2)C1. The second kappa shape index (κ2) is 8.38.